The predicted octanol–water partition coefficient (Wildman–Crippen LogP) is 12.2. The van der Waals surface area contributed by atoms with Crippen LogP contribution in [0.1, 0.15) is 63.4 Å². The molecule has 11 heteroatoms. The summed E-state index contributed by atoms with van der Waals surface area (Å²) in [5, 5.41) is 0.341. The van der Waals surface area contributed by atoms with E-state index in [1.54, 1.807) is 44.6 Å². The molecule has 0 N–H and O–H groups in total. The third-order valence-corrected chi connectivity index (χ3v) is 6.42. The van der Waals surface area contributed by atoms with Crippen LogP contribution in [0.15, 0.2) is 78.9 Å². The van der Waals surface area contributed by atoms with Crippen LogP contribution in [0.25, 0.3) is 0 Å². The van der Waals surface area contributed by atoms with Gasteiger partial charge in [-0.2, -0.15) is 0 Å². The van der Waals surface area contributed by atoms with Crippen LogP contribution >= 0.6 is 65.0 Å². The molecule has 0 heterocycles. The summed E-state index contributed by atoms with van der Waals surface area (Å²) in [6.07, 6.45) is 0. The Labute approximate surface area is 300 Å². The molecule has 4 aromatic rings. The number of rotatable bonds is 5. The maximum Gasteiger partial charge on any atom is 0.643 e. The molecule has 0 saturated carbocycles. The predicted molar refractivity (Wildman–Crippen MR) is 198 cm³/mol. The van der Waals surface area contributed by atoms with E-state index in [0.717, 1.165) is 22.4 Å². The maximum atomic E-state index is 12.6. The van der Waals surface area contributed by atoms with Crippen molar-refractivity contribution in [3.63, 3.8) is 0 Å². The number of ether oxygens (including phenoxy) is 2. The van der Waals surface area contributed by atoms with Gasteiger partial charge in [0.05, 0.1) is 35.4 Å². The first-order chi connectivity index (χ1) is 20.2. The van der Waals surface area contributed by atoms with Crippen LogP contribution in [-0.2, 0) is 0 Å². The van der Waals surface area contributed by atoms with Gasteiger partial charge in [0.2, 0.25) is 0 Å². The van der Waals surface area contributed by atoms with E-state index in [0.29, 0.717) is 32.5 Å². The van der Waals surface area contributed by atoms with Gasteiger partial charge in [0.25, 0.3) is 5.24 Å². The van der Waals surface area contributed by atoms with Crippen molar-refractivity contribution >= 4 is 87.4 Å². The fourth-order valence-corrected chi connectivity index (χ4v) is 4.03. The molecule has 4 rings (SSSR count). The number of ketones is 1. The molecular weight excluding hydrogens is 712 g/mol. The van der Waals surface area contributed by atoms with Crippen molar-refractivity contribution in [2.24, 2.45) is 0 Å². The van der Waals surface area contributed by atoms with Crippen molar-refractivity contribution in [3.05, 3.63) is 128 Å². The number of methoxy groups -OCH3 is 2. The molecule has 0 saturated heterocycles. The second-order valence-electron chi connectivity index (χ2n) is 9.04. The number of hydrogen-bond donors (Lipinski definition) is 0. The highest BCUT2D eigenvalue weighted by atomic mass is 35.8. The first-order valence-corrected chi connectivity index (χ1v) is 19.0. The average molecular weight is 751 g/mol. The molecule has 0 aromatic heterocycles. The molecule has 0 spiro atoms. The van der Waals surface area contributed by atoms with Gasteiger partial charge in [-0.25, -0.2) is 30.1 Å². The van der Waals surface area contributed by atoms with Crippen molar-refractivity contribution < 1.29 is 19.1 Å². The van der Waals surface area contributed by atoms with Gasteiger partial charge in [-0.1, -0.05) is 90.6 Å². The zero-order valence-corrected chi connectivity index (χ0v) is 30.2. The SMILES string of the molecule is C.C.COc1ccc(C)cc1.COc1ccc(C)cc1C(=O)c1cc(C)ccc1Cl.Cc1ccc(Cl)c(C(=O)Cl)c1.[Cl][Al]([Cl])[Cl]. The Morgan fingerprint density at radius 1 is 0.578 bits per heavy atom. The summed E-state index contributed by atoms with van der Waals surface area (Å²) in [6, 6.07) is 24.1. The summed E-state index contributed by atoms with van der Waals surface area (Å²) in [5.41, 5.74) is 5.65. The van der Waals surface area contributed by atoms with Crippen molar-refractivity contribution in [2.45, 2.75) is 42.5 Å². The van der Waals surface area contributed by atoms with E-state index in [2.05, 4.69) is 6.92 Å². The van der Waals surface area contributed by atoms with Crippen LogP contribution < -0.4 is 9.47 Å². The van der Waals surface area contributed by atoms with Crippen molar-refractivity contribution in [3.8, 4) is 11.5 Å². The Balaban J connectivity index is 0. The van der Waals surface area contributed by atoms with E-state index in [1.165, 1.54) is 5.56 Å². The number of carbonyl (C=O) groups excluding carboxylic acids is 2. The van der Waals surface area contributed by atoms with Gasteiger partial charge >= 0.3 is 11.4 Å². The topological polar surface area (TPSA) is 52.6 Å². The highest BCUT2D eigenvalue weighted by molar-refractivity contribution is 7.54. The molecular formula is C34H39AlCl6O4. The number of aryl methyl sites for hydroxylation is 4. The minimum absolute atomic E-state index is 0. The van der Waals surface area contributed by atoms with Crippen molar-refractivity contribution in [1.29, 1.82) is 0 Å². The molecule has 45 heavy (non-hydrogen) atoms. The normalized spacial score (nSPS) is 9.16. The largest absolute Gasteiger partial charge is 0.643 e. The second-order valence-corrected chi connectivity index (χ2v) is 16.6. The molecule has 4 nitrogen and oxygen atoms in total. The lowest BCUT2D eigenvalue weighted by Gasteiger charge is -2.10. The fourth-order valence-electron chi connectivity index (χ4n) is 3.42. The fraction of sp³-hybridized carbons (Fsp3) is 0.235. The molecule has 0 aliphatic heterocycles. The summed E-state index contributed by atoms with van der Waals surface area (Å²) < 4.78 is 10.2. The molecule has 0 unspecified atom stereocenters. The zero-order chi connectivity index (χ0) is 32.7. The minimum Gasteiger partial charge on any atom is -0.497 e. The molecule has 0 aliphatic carbocycles. The summed E-state index contributed by atoms with van der Waals surface area (Å²) >= 11 is 15.3. The summed E-state index contributed by atoms with van der Waals surface area (Å²) in [4.78, 5) is 23.3. The van der Waals surface area contributed by atoms with Crippen LogP contribution in [0.3, 0.4) is 0 Å². The van der Waals surface area contributed by atoms with E-state index < -0.39 is 16.6 Å². The Morgan fingerprint density at radius 3 is 1.36 bits per heavy atom. The van der Waals surface area contributed by atoms with E-state index in [4.69, 9.17) is 74.4 Å². The Kier molecular flexibility index (Phi) is 23.5. The molecule has 0 fully saturated rings. The van der Waals surface area contributed by atoms with Gasteiger partial charge in [-0.05, 0) is 87.8 Å². The summed E-state index contributed by atoms with van der Waals surface area (Å²) in [5.74, 6) is 1.36. The Morgan fingerprint density at radius 2 is 0.956 bits per heavy atom. The number of benzene rings is 4. The van der Waals surface area contributed by atoms with E-state index in [9.17, 15) is 9.59 Å². The van der Waals surface area contributed by atoms with Crippen LogP contribution in [0.2, 0.25) is 10.0 Å². The van der Waals surface area contributed by atoms with Crippen LogP contribution in [0, 0.1) is 27.7 Å². The minimum atomic E-state index is -1.72. The van der Waals surface area contributed by atoms with Gasteiger partial charge in [-0.15, -0.1) is 0 Å². The quantitative estimate of drug-likeness (QED) is 0.116. The lowest BCUT2D eigenvalue weighted by Crippen LogP contribution is -2.05. The Bertz CT molecular complexity index is 1490. The lowest BCUT2D eigenvalue weighted by atomic mass is 9.99. The molecule has 0 radical (unpaired) electrons. The van der Waals surface area contributed by atoms with Crippen LogP contribution in [0.5, 0.6) is 11.5 Å². The van der Waals surface area contributed by atoms with Gasteiger partial charge in [-0.3, -0.25) is 9.59 Å². The standard InChI is InChI=1S/C16H15ClO2.C8H6Cl2O.C8H10O.2CH4.Al.3ClH/c1-10-4-6-14(17)12(8-10)16(18)13-9-11(2)5-7-15(13)19-3;1-5-2-3-7(9)6(4-5)8(10)11;1-7-3-5-8(9-2)6-4-7;;;;;;/h4-9H,1-3H3;2-4H,1H3;3-6H,1-2H3;2*1H4;;3*1H/q;;;;;+3;;;/p-3. The monoisotopic (exact) mass is 748 g/mol. The highest BCUT2D eigenvalue weighted by Gasteiger charge is 2.17. The Hall–Kier alpha value is -1.91. The number of hydrogen-bond acceptors (Lipinski definition) is 4. The van der Waals surface area contributed by atoms with Gasteiger partial charge in [0.1, 0.15) is 11.5 Å². The smallest absolute Gasteiger partial charge is 0.497 e. The first kappa shape index (κ1) is 45.2. The summed E-state index contributed by atoms with van der Waals surface area (Å²) in [6.45, 7) is 7.80. The zero-order valence-electron chi connectivity index (χ0n) is 24.5. The molecule has 0 aliphatic rings. The number of carbonyl (C=O) groups is 2. The van der Waals surface area contributed by atoms with Gasteiger partial charge < -0.3 is 9.47 Å². The molecule has 4 aromatic carbocycles. The molecule has 0 atom stereocenters. The third-order valence-electron chi connectivity index (χ3n) is 5.56. The molecule has 0 bridgehead atoms. The van der Waals surface area contributed by atoms with E-state index in [-0.39, 0.29) is 20.6 Å². The third kappa shape index (κ3) is 17.0. The van der Waals surface area contributed by atoms with Gasteiger partial charge in [0.15, 0.2) is 5.78 Å². The lowest BCUT2D eigenvalue weighted by molar-refractivity contribution is 0.103. The average Bonchev–Trinajstić information content (AvgIpc) is 2.96. The summed E-state index contributed by atoms with van der Waals surface area (Å²) in [7, 11) is 18.1. The van der Waals surface area contributed by atoms with Crippen molar-refractivity contribution in [1.82, 2.24) is 0 Å². The van der Waals surface area contributed by atoms with Crippen LogP contribution in [0.4, 0.5) is 0 Å². The van der Waals surface area contributed by atoms with Crippen molar-refractivity contribution in [2.75, 3.05) is 14.2 Å². The first-order valence-electron chi connectivity index (χ1n) is 12.6. The maximum absolute atomic E-state index is 12.6. The molecule has 244 valence electrons. The second kappa shape index (κ2) is 23.4. The van der Waals surface area contributed by atoms with Crippen LogP contribution in [-0.4, -0.2) is 36.6 Å². The number of halogens is 6. The van der Waals surface area contributed by atoms with E-state index in [1.807, 2.05) is 69.3 Å². The van der Waals surface area contributed by atoms with E-state index >= 15 is 0 Å². The highest BCUT2D eigenvalue weighted by Crippen LogP contribution is 2.27. The molecule has 0 amide bonds. The van der Waals surface area contributed by atoms with Gasteiger partial charge in [0, 0.05) is 5.56 Å².